The van der Waals surface area contributed by atoms with Gasteiger partial charge in [0.1, 0.15) is 23.2 Å². The topological polar surface area (TPSA) is 39.4 Å². The first-order valence-corrected chi connectivity index (χ1v) is 4.26. The van der Waals surface area contributed by atoms with Crippen molar-refractivity contribution in [1.29, 1.82) is 0 Å². The number of benzene rings is 1. The van der Waals surface area contributed by atoms with E-state index in [4.69, 9.17) is 9.15 Å². The molecule has 2 bridgehead atoms. The van der Waals surface area contributed by atoms with Gasteiger partial charge in [0.15, 0.2) is 0 Å². The Balaban J connectivity index is 0.00000112. The van der Waals surface area contributed by atoms with E-state index < -0.39 is 5.97 Å². The second-order valence-corrected chi connectivity index (χ2v) is 3.03. The molecule has 1 atom stereocenters. The maximum atomic E-state index is 10.9. The van der Waals surface area contributed by atoms with E-state index >= 15 is 0 Å². The van der Waals surface area contributed by atoms with Crippen LogP contribution in [-0.4, -0.2) is 5.97 Å². The first kappa shape index (κ1) is 11.9. The molecule has 0 aromatic carbocycles. The normalized spacial score (nSPS) is 12.1. The quantitative estimate of drug-likeness (QED) is 0.377. The molecule has 3 nitrogen and oxygen atoms in total. The molecule has 0 aliphatic heterocycles. The Morgan fingerprint density at radius 2 is 2.33 bits per heavy atom. The van der Waals surface area contributed by atoms with Gasteiger partial charge in [0.25, 0.3) is 0 Å². The number of carbonyl (C=O) groups is 1. The average Bonchev–Trinajstić information content (AvgIpc) is 2.78. The van der Waals surface area contributed by atoms with E-state index in [2.05, 4.69) is 12.7 Å². The fraction of sp³-hybridized carbons (Fsp3) is 0.182. The van der Waals surface area contributed by atoms with Crippen LogP contribution in [0, 0.1) is 6.08 Å². The molecule has 0 amide bonds. The maximum Gasteiger partial charge on any atom is 0.148 e. The van der Waals surface area contributed by atoms with E-state index in [1.807, 2.05) is 18.2 Å². The molecule has 2 heterocycles. The Kier molecular flexibility index (Phi) is 3.64. The monoisotopic (exact) mass is 292 g/mol. The van der Waals surface area contributed by atoms with E-state index in [1.54, 1.807) is 6.92 Å². The van der Waals surface area contributed by atoms with E-state index in [0.717, 1.165) is 16.7 Å². The van der Waals surface area contributed by atoms with E-state index in [9.17, 15) is 4.79 Å². The van der Waals surface area contributed by atoms with Crippen LogP contribution in [0.15, 0.2) is 29.2 Å². The number of hydrogen-bond acceptors (Lipinski definition) is 3. The molecule has 4 heteroatoms. The van der Waals surface area contributed by atoms with Gasteiger partial charge in [-0.2, -0.15) is 0 Å². The third-order valence-electron chi connectivity index (χ3n) is 2.08. The number of rotatable bonds is 3. The molecule has 0 saturated carbocycles. The van der Waals surface area contributed by atoms with E-state index in [1.165, 1.54) is 0 Å². The van der Waals surface area contributed by atoms with Crippen LogP contribution < -0.4 is 0 Å². The zero-order chi connectivity index (χ0) is 10.1. The molecule has 0 N–H and O–H groups in total. The Morgan fingerprint density at radius 1 is 1.60 bits per heavy atom. The summed E-state index contributed by atoms with van der Waals surface area (Å²) >= 11 is 0. The van der Waals surface area contributed by atoms with Crippen molar-refractivity contribution < 1.29 is 33.4 Å². The minimum absolute atomic E-state index is 0. The largest absolute Gasteiger partial charge is 0.482 e. The van der Waals surface area contributed by atoms with Crippen LogP contribution in [0.4, 0.5) is 0 Å². The van der Waals surface area contributed by atoms with E-state index in [-0.39, 0.29) is 25.6 Å². The van der Waals surface area contributed by atoms with Crippen LogP contribution in [0.5, 0.6) is 0 Å². The Morgan fingerprint density at radius 3 is 2.80 bits per heavy atom. The van der Waals surface area contributed by atoms with Crippen molar-refractivity contribution in [3.05, 3.63) is 36.4 Å². The summed E-state index contributed by atoms with van der Waals surface area (Å²) in [4.78, 5) is 10.9. The fourth-order valence-electron chi connectivity index (χ4n) is 1.39. The first-order chi connectivity index (χ1) is 6.70. The summed E-state index contributed by atoms with van der Waals surface area (Å²) in [5.74, 6) is -0.546. The summed E-state index contributed by atoms with van der Waals surface area (Å²) in [5.41, 5.74) is 2.43. The average molecular weight is 292 g/mol. The number of hydrogen-bond donors (Lipinski definition) is 0. The van der Waals surface area contributed by atoms with Crippen LogP contribution in [-0.2, 0) is 29.0 Å². The number of fused-ring (bicyclic) bond motifs is 2. The minimum Gasteiger partial charge on any atom is -0.482 e. The van der Waals surface area contributed by atoms with Gasteiger partial charge in [-0.3, -0.25) is 11.4 Å². The van der Waals surface area contributed by atoms with Gasteiger partial charge in [-0.15, -0.1) is 0 Å². The van der Waals surface area contributed by atoms with Crippen LogP contribution in [0.1, 0.15) is 18.6 Å². The molecule has 0 fully saturated rings. The van der Waals surface area contributed by atoms with Crippen molar-refractivity contribution in [2.75, 3.05) is 0 Å². The molecule has 1 unspecified atom stereocenters. The third-order valence-corrected chi connectivity index (χ3v) is 2.08. The summed E-state index contributed by atoms with van der Waals surface area (Å²) in [6, 6.07) is 5.58. The second kappa shape index (κ2) is 4.58. The van der Waals surface area contributed by atoms with Gasteiger partial charge >= 0.3 is 0 Å². The standard InChI is InChI=1S/C11H9O3.Rh/c1-3-11(12)13-7(2)9-6-8-4-5-10(9)14-8;/h4-7H,1H2,2H3;/q-1;. The van der Waals surface area contributed by atoms with Gasteiger partial charge in [-0.25, -0.2) is 0 Å². The zero-order valence-corrected chi connectivity index (χ0v) is 9.71. The summed E-state index contributed by atoms with van der Waals surface area (Å²) in [7, 11) is 0. The van der Waals surface area contributed by atoms with Gasteiger partial charge in [0, 0.05) is 25.0 Å². The first-order valence-electron chi connectivity index (χ1n) is 4.26. The molecule has 0 aliphatic rings. The minimum atomic E-state index is -0.546. The molecule has 81 valence electrons. The SMILES string of the molecule is C=[C-]C(=O)OC(C)c1cc2ccc1o2.[Rh]. The van der Waals surface area contributed by atoms with Crippen LogP contribution >= 0.6 is 0 Å². The van der Waals surface area contributed by atoms with E-state index in [0.29, 0.717) is 0 Å². The number of ether oxygens (including phenoxy) is 1. The third kappa shape index (κ3) is 2.27. The van der Waals surface area contributed by atoms with Gasteiger partial charge in [-0.1, -0.05) is 0 Å². The molecule has 0 spiro atoms. The summed E-state index contributed by atoms with van der Waals surface area (Å²) in [6.07, 6.45) is 1.83. The second-order valence-electron chi connectivity index (χ2n) is 3.03. The Labute approximate surface area is 100 Å². The smallest absolute Gasteiger partial charge is 0.148 e. The Hall–Kier alpha value is -1.15. The van der Waals surface area contributed by atoms with Crippen molar-refractivity contribution >= 4 is 17.1 Å². The molecule has 0 aliphatic carbocycles. The molecular weight excluding hydrogens is 283 g/mol. The molecular formula is C11H9O3Rh-. The predicted molar refractivity (Wildman–Crippen MR) is 50.8 cm³/mol. The van der Waals surface area contributed by atoms with Crippen molar-refractivity contribution in [3.8, 4) is 0 Å². The molecule has 2 rings (SSSR count). The Bertz CT molecular complexity index is 460. The number of furan rings is 2. The number of carbonyl (C=O) groups excluding carboxylic acids is 1. The predicted octanol–water partition coefficient (Wildman–Crippen LogP) is 2.46. The number of esters is 1. The van der Waals surface area contributed by atoms with Gasteiger partial charge in [-0.05, 0) is 25.1 Å². The van der Waals surface area contributed by atoms with Crippen molar-refractivity contribution in [3.63, 3.8) is 0 Å². The molecule has 15 heavy (non-hydrogen) atoms. The van der Waals surface area contributed by atoms with Gasteiger partial charge in [0.2, 0.25) is 0 Å². The maximum absolute atomic E-state index is 10.9. The zero-order valence-electron chi connectivity index (χ0n) is 8.07. The summed E-state index contributed by atoms with van der Waals surface area (Å²) < 4.78 is 10.3. The van der Waals surface area contributed by atoms with Crippen molar-refractivity contribution in [1.82, 2.24) is 0 Å². The molecule has 1 radical (unpaired) electrons. The van der Waals surface area contributed by atoms with Crippen LogP contribution in [0.3, 0.4) is 0 Å². The van der Waals surface area contributed by atoms with Gasteiger partial charge < -0.3 is 15.2 Å². The van der Waals surface area contributed by atoms with Crippen molar-refractivity contribution in [2.24, 2.45) is 0 Å². The molecule has 2 aromatic heterocycles. The van der Waals surface area contributed by atoms with Crippen molar-refractivity contribution in [2.45, 2.75) is 13.0 Å². The van der Waals surface area contributed by atoms with Crippen LogP contribution in [0.2, 0.25) is 0 Å². The van der Waals surface area contributed by atoms with Gasteiger partial charge in [0.05, 0.1) is 0 Å². The van der Waals surface area contributed by atoms with Crippen LogP contribution in [0.25, 0.3) is 11.2 Å². The summed E-state index contributed by atoms with van der Waals surface area (Å²) in [6.45, 7) is 5.00. The molecule has 2 aromatic rings. The summed E-state index contributed by atoms with van der Waals surface area (Å²) in [5, 5.41) is 0. The molecule has 0 saturated heterocycles. The fourth-order valence-corrected chi connectivity index (χ4v) is 1.39.